The first kappa shape index (κ1) is 42.8. The largest absolute Gasteiger partial charge is 0.457 e. The lowest BCUT2D eigenvalue weighted by Crippen LogP contribution is -2.55. The molecule has 7 aromatic rings. The standard InChI is InChI=1S/C39H10B19NO/c1-39(2)20-15(17-21(39)28(50)33(55)29(51)24(17)46)12(5-10(42)22(20)44)59(7-3-8(40)14(9(41)4-7)18-25(47)30(52)34(56)31(53)26(18)48)13-6-11(43)23(45)37-16(13)19-27(49)32(54)35(57)36(58)38(19)60-37/h3-6H,1-2H3. The summed E-state index contributed by atoms with van der Waals surface area (Å²) in [5.41, 5.74) is 4.05. The predicted molar refractivity (Wildman–Crippen MR) is 274 cm³/mol. The van der Waals surface area contributed by atoms with Crippen molar-refractivity contribution < 1.29 is 4.42 Å². The molecule has 0 saturated carbocycles. The Balaban J connectivity index is 1.60. The summed E-state index contributed by atoms with van der Waals surface area (Å²) in [4.78, 5) is 1.74. The highest BCUT2D eigenvalue weighted by molar-refractivity contribution is 6.71. The second-order valence-corrected chi connectivity index (χ2v) is 15.5. The molecule has 0 saturated heterocycles. The Labute approximate surface area is 376 Å². The number of hydrogen-bond donors (Lipinski definition) is 0. The van der Waals surface area contributed by atoms with Gasteiger partial charge in [0, 0.05) is 22.1 Å². The normalized spacial score (nSPS) is 12.9. The van der Waals surface area contributed by atoms with Crippen LogP contribution in [-0.2, 0) is 5.41 Å². The molecule has 38 radical (unpaired) electrons. The third-order valence-corrected chi connectivity index (χ3v) is 11.8. The fourth-order valence-corrected chi connectivity index (χ4v) is 8.73. The van der Waals surface area contributed by atoms with Crippen molar-refractivity contribution >= 4 is 292 Å². The Bertz CT molecular complexity index is 3080. The monoisotopic (exact) mass is 717 g/mol. The third kappa shape index (κ3) is 5.68. The predicted octanol–water partition coefficient (Wildman–Crippen LogP) is -11.9. The third-order valence-electron chi connectivity index (χ3n) is 11.8. The molecule has 1 heterocycles. The van der Waals surface area contributed by atoms with Crippen LogP contribution in [-0.4, -0.2) is 149 Å². The van der Waals surface area contributed by atoms with E-state index in [4.69, 9.17) is 153 Å². The number of fused-ring (bicyclic) bond motifs is 6. The summed E-state index contributed by atoms with van der Waals surface area (Å²) in [6.07, 6.45) is 0. The summed E-state index contributed by atoms with van der Waals surface area (Å²) < 4.78 is 6.35. The number of anilines is 3. The number of rotatable bonds is 4. The average Bonchev–Trinajstić information content (AvgIpc) is 3.72. The first-order valence-corrected chi connectivity index (χ1v) is 18.1. The zero-order valence-electron chi connectivity index (χ0n) is 32.6. The van der Waals surface area contributed by atoms with Crippen molar-refractivity contribution in [1.29, 1.82) is 0 Å². The molecule has 1 aromatic heterocycles. The number of hydrogen-bond acceptors (Lipinski definition) is 2. The van der Waals surface area contributed by atoms with Crippen LogP contribution in [0, 0.1) is 0 Å². The molecule has 0 aliphatic heterocycles. The van der Waals surface area contributed by atoms with E-state index < -0.39 is 5.41 Å². The number of nitrogens with zero attached hydrogens (tertiary/aromatic N) is 1. The molecule has 0 atom stereocenters. The van der Waals surface area contributed by atoms with Gasteiger partial charge in [0.25, 0.3) is 0 Å². The molecular weight excluding hydrogens is 704 g/mol. The Hall–Kier alpha value is -3.85. The van der Waals surface area contributed by atoms with Gasteiger partial charge in [-0.2, -0.15) is 0 Å². The van der Waals surface area contributed by atoms with Gasteiger partial charge in [-0.15, -0.1) is 43.7 Å². The molecule has 60 heavy (non-hydrogen) atoms. The molecule has 8 rings (SSSR count). The quantitative estimate of drug-likeness (QED) is 0.169. The molecule has 0 N–H and O–H groups in total. The zero-order chi connectivity index (χ0) is 44.1. The van der Waals surface area contributed by atoms with Crippen LogP contribution < -0.4 is 109 Å². The molecule has 1 aliphatic carbocycles. The lowest BCUT2D eigenvalue weighted by atomic mass is 9.58. The Kier molecular flexibility index (Phi) is 10.2. The van der Waals surface area contributed by atoms with E-state index in [1.165, 1.54) is 0 Å². The van der Waals surface area contributed by atoms with Crippen LogP contribution in [0.25, 0.3) is 44.2 Å². The Morgan fingerprint density at radius 3 is 1.33 bits per heavy atom. The highest BCUT2D eigenvalue weighted by Gasteiger charge is 2.42. The van der Waals surface area contributed by atoms with Crippen LogP contribution in [0.2, 0.25) is 0 Å². The topological polar surface area (TPSA) is 16.4 Å². The molecule has 0 fully saturated rings. The maximum Gasteiger partial charge on any atom is 0.129 e. The van der Waals surface area contributed by atoms with Crippen LogP contribution in [0.1, 0.15) is 25.0 Å². The van der Waals surface area contributed by atoms with Gasteiger partial charge in [0.15, 0.2) is 0 Å². The smallest absolute Gasteiger partial charge is 0.129 e. The highest BCUT2D eigenvalue weighted by atomic mass is 16.3. The molecule has 6 aromatic carbocycles. The molecular formula is C39H10B19NO. The van der Waals surface area contributed by atoms with Crippen LogP contribution >= 0.6 is 0 Å². The van der Waals surface area contributed by atoms with Crippen molar-refractivity contribution in [3.63, 3.8) is 0 Å². The lowest BCUT2D eigenvalue weighted by molar-refractivity contribution is 0.669. The van der Waals surface area contributed by atoms with E-state index in [0.717, 1.165) is 0 Å². The van der Waals surface area contributed by atoms with Gasteiger partial charge in [0.1, 0.15) is 160 Å². The van der Waals surface area contributed by atoms with Gasteiger partial charge in [-0.3, -0.25) is 0 Å². The van der Waals surface area contributed by atoms with Crippen molar-refractivity contribution in [3.05, 3.63) is 35.4 Å². The van der Waals surface area contributed by atoms with Gasteiger partial charge in [0.05, 0.1) is 16.8 Å². The maximum atomic E-state index is 6.94. The van der Waals surface area contributed by atoms with Gasteiger partial charge < -0.3 is 9.32 Å². The van der Waals surface area contributed by atoms with E-state index in [1.807, 2.05) is 13.8 Å². The lowest BCUT2D eigenvalue weighted by Gasteiger charge is -2.33. The fourth-order valence-electron chi connectivity index (χ4n) is 8.73. The van der Waals surface area contributed by atoms with Crippen molar-refractivity contribution in [2.45, 2.75) is 19.3 Å². The summed E-state index contributed by atoms with van der Waals surface area (Å²) in [5.74, 6) is 0. The van der Waals surface area contributed by atoms with Crippen LogP contribution in [0.5, 0.6) is 0 Å². The fraction of sp³-hybridized carbons (Fsp3) is 0.0769. The zero-order valence-corrected chi connectivity index (χ0v) is 32.6. The molecule has 0 unspecified atom stereocenters. The molecule has 234 valence electrons. The van der Waals surface area contributed by atoms with E-state index in [2.05, 4.69) is 0 Å². The SMILES string of the molecule is [B]c1cc(N(c2cc([B])c(-c3c([B])c([B])c([B])c([B])c3[B])c([B])c2)c2cc([B])c([B])c3oc4c([B])c([B])c([B])c([B])c4c23)c2c(c1[B])C(C)(C)c1c([B])c([B])c([B])c([B])c1-2. The van der Waals surface area contributed by atoms with E-state index in [-0.39, 0.29) is 131 Å². The summed E-state index contributed by atoms with van der Waals surface area (Å²) >= 11 is 0. The summed E-state index contributed by atoms with van der Waals surface area (Å²) in [6, 6.07) is 6.45. The first-order valence-electron chi connectivity index (χ1n) is 18.1. The molecule has 1 aliphatic rings. The first-order chi connectivity index (χ1) is 28.0. The Morgan fingerprint density at radius 2 is 0.767 bits per heavy atom. The minimum absolute atomic E-state index is 0.00415. The van der Waals surface area contributed by atoms with Gasteiger partial charge >= 0.3 is 0 Å². The summed E-state index contributed by atoms with van der Waals surface area (Å²) in [6.45, 7) is 3.83. The number of furan rings is 1. The van der Waals surface area contributed by atoms with Gasteiger partial charge in [-0.05, 0) is 52.1 Å². The molecule has 0 bridgehead atoms. The second-order valence-electron chi connectivity index (χ2n) is 15.5. The highest BCUT2D eigenvalue weighted by Crippen LogP contribution is 2.52. The molecule has 0 amide bonds. The van der Waals surface area contributed by atoms with Crippen LogP contribution in [0.15, 0.2) is 28.7 Å². The second kappa shape index (κ2) is 14.4. The van der Waals surface area contributed by atoms with Gasteiger partial charge in [-0.25, -0.2) is 0 Å². The minimum Gasteiger partial charge on any atom is -0.457 e. The van der Waals surface area contributed by atoms with E-state index in [1.54, 1.807) is 29.2 Å². The van der Waals surface area contributed by atoms with Crippen molar-refractivity contribution in [2.24, 2.45) is 0 Å². The van der Waals surface area contributed by atoms with Crippen LogP contribution in [0.3, 0.4) is 0 Å². The summed E-state index contributed by atoms with van der Waals surface area (Å²) in [5, 5.41) is 0.584. The number of benzene rings is 6. The van der Waals surface area contributed by atoms with E-state index in [9.17, 15) is 0 Å². The van der Waals surface area contributed by atoms with Crippen molar-refractivity contribution in [1.82, 2.24) is 0 Å². The van der Waals surface area contributed by atoms with Gasteiger partial charge in [-0.1, -0.05) is 73.9 Å². The molecule has 2 nitrogen and oxygen atoms in total. The average molecular weight is 714 g/mol. The van der Waals surface area contributed by atoms with Gasteiger partial charge in [0.2, 0.25) is 0 Å². The van der Waals surface area contributed by atoms with E-state index in [0.29, 0.717) is 44.7 Å². The van der Waals surface area contributed by atoms with Crippen molar-refractivity contribution in [2.75, 3.05) is 4.90 Å². The maximum absolute atomic E-state index is 6.94. The van der Waals surface area contributed by atoms with E-state index >= 15 is 0 Å². The van der Waals surface area contributed by atoms with Crippen LogP contribution in [0.4, 0.5) is 17.1 Å². The Morgan fingerprint density at radius 1 is 0.350 bits per heavy atom. The summed E-state index contributed by atoms with van der Waals surface area (Å²) in [7, 11) is 125. The molecule has 0 spiro atoms. The minimum atomic E-state index is -0.945. The van der Waals surface area contributed by atoms with Crippen molar-refractivity contribution in [3.8, 4) is 22.3 Å². The molecule has 21 heteroatoms.